The number of hydrogen-bond donors (Lipinski definition) is 1. The molecule has 0 atom stereocenters. The van der Waals surface area contributed by atoms with Crippen LogP contribution in [0.1, 0.15) is 16.7 Å². The number of ether oxygens (including phenoxy) is 1. The zero-order valence-corrected chi connectivity index (χ0v) is 12.3. The van der Waals surface area contributed by atoms with E-state index in [1.807, 2.05) is 24.3 Å². The molecule has 0 saturated heterocycles. The number of benzene rings is 2. The minimum absolute atomic E-state index is 0.536. The molecule has 0 fully saturated rings. The predicted octanol–water partition coefficient (Wildman–Crippen LogP) is 4.01. The third-order valence-corrected chi connectivity index (χ3v) is 3.78. The molecular weight excluding hydrogens is 260 g/mol. The third-order valence-electron chi connectivity index (χ3n) is 3.78. The molecule has 0 amide bonds. The normalized spacial score (nSPS) is 10.8. The molecule has 0 unspecified atom stereocenters. The summed E-state index contributed by atoms with van der Waals surface area (Å²) in [5, 5.41) is 0.927. The minimum atomic E-state index is 0.536. The van der Waals surface area contributed by atoms with Crippen LogP contribution in [0, 0.1) is 13.8 Å². The Hall–Kier alpha value is -2.55. The Morgan fingerprint density at radius 1 is 1.00 bits per heavy atom. The Morgan fingerprint density at radius 2 is 1.76 bits per heavy atom. The molecule has 2 aromatic carbocycles. The fourth-order valence-corrected chi connectivity index (χ4v) is 2.51. The summed E-state index contributed by atoms with van der Waals surface area (Å²) in [7, 11) is 0. The summed E-state index contributed by atoms with van der Waals surface area (Å²) in [5.74, 6) is 0.766. The summed E-state index contributed by atoms with van der Waals surface area (Å²) < 4.78 is 6.00. The van der Waals surface area contributed by atoms with E-state index in [0.717, 1.165) is 22.3 Å². The number of aromatic nitrogens is 1. The first kappa shape index (κ1) is 13.4. The van der Waals surface area contributed by atoms with Gasteiger partial charge in [0.25, 0.3) is 0 Å². The van der Waals surface area contributed by atoms with E-state index in [9.17, 15) is 0 Å². The van der Waals surface area contributed by atoms with Crippen LogP contribution in [-0.2, 0) is 6.61 Å². The molecular formula is C18H18N2O. The van der Waals surface area contributed by atoms with Crippen LogP contribution in [0.4, 0.5) is 5.69 Å². The van der Waals surface area contributed by atoms with Gasteiger partial charge in [0.1, 0.15) is 17.9 Å². The van der Waals surface area contributed by atoms with Crippen molar-refractivity contribution in [2.45, 2.75) is 20.5 Å². The van der Waals surface area contributed by atoms with Crippen molar-refractivity contribution in [1.29, 1.82) is 0 Å². The lowest BCUT2D eigenvalue weighted by Gasteiger charge is -2.13. The van der Waals surface area contributed by atoms with E-state index in [4.69, 9.17) is 10.5 Å². The molecule has 0 aliphatic rings. The van der Waals surface area contributed by atoms with Crippen molar-refractivity contribution < 1.29 is 4.74 Å². The summed E-state index contributed by atoms with van der Waals surface area (Å²) in [6, 6.07) is 13.9. The van der Waals surface area contributed by atoms with Crippen molar-refractivity contribution in [2.75, 3.05) is 5.73 Å². The van der Waals surface area contributed by atoms with Crippen molar-refractivity contribution in [1.82, 2.24) is 4.98 Å². The van der Waals surface area contributed by atoms with Crippen LogP contribution in [0.5, 0.6) is 5.75 Å². The van der Waals surface area contributed by atoms with Gasteiger partial charge in [-0.1, -0.05) is 18.2 Å². The van der Waals surface area contributed by atoms with Gasteiger partial charge in [0.15, 0.2) is 0 Å². The maximum absolute atomic E-state index is 6.00. The van der Waals surface area contributed by atoms with Crippen molar-refractivity contribution in [3.63, 3.8) is 0 Å². The van der Waals surface area contributed by atoms with Crippen LogP contribution in [0.2, 0.25) is 0 Å². The molecule has 1 aromatic heterocycles. The Balaban J connectivity index is 1.94. The van der Waals surface area contributed by atoms with E-state index in [1.165, 1.54) is 16.7 Å². The average Bonchev–Trinajstić information content (AvgIpc) is 2.49. The van der Waals surface area contributed by atoms with Gasteiger partial charge < -0.3 is 10.5 Å². The average molecular weight is 278 g/mol. The molecule has 3 heteroatoms. The standard InChI is InChI=1S/C18H18N2O/c1-12-5-3-6-13(2)15(12)11-21-17-9-8-16(19)14-7-4-10-20-18(14)17/h3-10H,11,19H2,1-2H3. The minimum Gasteiger partial charge on any atom is -0.487 e. The maximum atomic E-state index is 6.00. The summed E-state index contributed by atoms with van der Waals surface area (Å²) >= 11 is 0. The largest absolute Gasteiger partial charge is 0.487 e. The topological polar surface area (TPSA) is 48.1 Å². The Morgan fingerprint density at radius 3 is 2.52 bits per heavy atom. The summed E-state index contributed by atoms with van der Waals surface area (Å²) in [6.45, 7) is 4.74. The molecule has 2 N–H and O–H groups in total. The molecule has 0 radical (unpaired) electrons. The van der Waals surface area contributed by atoms with E-state index in [1.54, 1.807) is 6.20 Å². The zero-order chi connectivity index (χ0) is 14.8. The second-order valence-electron chi connectivity index (χ2n) is 5.21. The number of aryl methyl sites for hydroxylation is 2. The predicted molar refractivity (Wildman–Crippen MR) is 86.4 cm³/mol. The highest BCUT2D eigenvalue weighted by Gasteiger charge is 2.08. The van der Waals surface area contributed by atoms with E-state index < -0.39 is 0 Å². The highest BCUT2D eigenvalue weighted by atomic mass is 16.5. The number of nitrogens with zero attached hydrogens (tertiary/aromatic N) is 1. The molecule has 0 saturated carbocycles. The number of pyridine rings is 1. The summed E-state index contributed by atoms with van der Waals surface area (Å²) in [5.41, 5.74) is 11.2. The first-order valence-corrected chi connectivity index (χ1v) is 6.98. The number of hydrogen-bond acceptors (Lipinski definition) is 3. The van der Waals surface area contributed by atoms with E-state index in [2.05, 4.69) is 37.0 Å². The second kappa shape index (κ2) is 5.44. The van der Waals surface area contributed by atoms with Gasteiger partial charge in [-0.3, -0.25) is 4.98 Å². The molecule has 3 aromatic rings. The maximum Gasteiger partial charge on any atom is 0.146 e. The summed E-state index contributed by atoms with van der Waals surface area (Å²) in [4.78, 5) is 4.39. The molecule has 1 heterocycles. The highest BCUT2D eigenvalue weighted by molar-refractivity contribution is 5.94. The van der Waals surface area contributed by atoms with Gasteiger partial charge >= 0.3 is 0 Å². The lowest BCUT2D eigenvalue weighted by Crippen LogP contribution is -2.01. The third kappa shape index (κ3) is 2.55. The number of fused-ring (bicyclic) bond motifs is 1. The molecule has 0 aliphatic carbocycles. The molecule has 106 valence electrons. The van der Waals surface area contributed by atoms with Crippen LogP contribution in [0.25, 0.3) is 10.9 Å². The number of nitrogen functional groups attached to an aromatic ring is 1. The van der Waals surface area contributed by atoms with Crippen LogP contribution in [-0.4, -0.2) is 4.98 Å². The van der Waals surface area contributed by atoms with Crippen LogP contribution >= 0.6 is 0 Å². The zero-order valence-electron chi connectivity index (χ0n) is 12.3. The van der Waals surface area contributed by atoms with Gasteiger partial charge in [0, 0.05) is 17.3 Å². The van der Waals surface area contributed by atoms with Crippen LogP contribution < -0.4 is 10.5 Å². The van der Waals surface area contributed by atoms with Crippen LogP contribution in [0.15, 0.2) is 48.7 Å². The van der Waals surface area contributed by atoms with Gasteiger partial charge in [-0.2, -0.15) is 0 Å². The molecule has 3 rings (SSSR count). The first-order chi connectivity index (χ1) is 10.2. The second-order valence-corrected chi connectivity index (χ2v) is 5.21. The van der Waals surface area contributed by atoms with Crippen molar-refractivity contribution in [3.8, 4) is 5.75 Å². The molecule has 0 aliphatic heterocycles. The number of rotatable bonds is 3. The van der Waals surface area contributed by atoms with Gasteiger partial charge in [-0.25, -0.2) is 0 Å². The Bertz CT molecular complexity index is 776. The quantitative estimate of drug-likeness (QED) is 0.736. The number of anilines is 1. The SMILES string of the molecule is Cc1cccc(C)c1COc1ccc(N)c2cccnc12. The smallest absolute Gasteiger partial charge is 0.146 e. The van der Waals surface area contributed by atoms with Crippen molar-refractivity contribution >= 4 is 16.6 Å². The first-order valence-electron chi connectivity index (χ1n) is 6.98. The Kier molecular flexibility index (Phi) is 3.48. The Labute approximate surface area is 124 Å². The van der Waals surface area contributed by atoms with E-state index >= 15 is 0 Å². The lowest BCUT2D eigenvalue weighted by atomic mass is 10.0. The molecule has 0 bridgehead atoms. The van der Waals surface area contributed by atoms with Gasteiger partial charge in [-0.05, 0) is 54.8 Å². The summed E-state index contributed by atoms with van der Waals surface area (Å²) in [6.07, 6.45) is 1.76. The fourth-order valence-electron chi connectivity index (χ4n) is 2.51. The van der Waals surface area contributed by atoms with Gasteiger partial charge in [-0.15, -0.1) is 0 Å². The van der Waals surface area contributed by atoms with Gasteiger partial charge in [0.2, 0.25) is 0 Å². The molecule has 3 nitrogen and oxygen atoms in total. The van der Waals surface area contributed by atoms with Crippen molar-refractivity contribution in [3.05, 3.63) is 65.4 Å². The van der Waals surface area contributed by atoms with E-state index in [-0.39, 0.29) is 0 Å². The fraction of sp³-hybridized carbons (Fsp3) is 0.167. The molecule has 21 heavy (non-hydrogen) atoms. The monoisotopic (exact) mass is 278 g/mol. The van der Waals surface area contributed by atoms with E-state index in [0.29, 0.717) is 6.61 Å². The number of nitrogens with two attached hydrogens (primary N) is 1. The molecule has 0 spiro atoms. The van der Waals surface area contributed by atoms with Crippen LogP contribution in [0.3, 0.4) is 0 Å². The lowest BCUT2D eigenvalue weighted by molar-refractivity contribution is 0.308. The van der Waals surface area contributed by atoms with Crippen molar-refractivity contribution in [2.24, 2.45) is 0 Å². The highest BCUT2D eigenvalue weighted by Crippen LogP contribution is 2.29. The van der Waals surface area contributed by atoms with Gasteiger partial charge in [0.05, 0.1) is 0 Å².